The van der Waals surface area contributed by atoms with Gasteiger partial charge in [-0.1, -0.05) is 43.3 Å². The third-order valence-electron chi connectivity index (χ3n) is 6.39. The van der Waals surface area contributed by atoms with Gasteiger partial charge in [0.1, 0.15) is 0 Å². The summed E-state index contributed by atoms with van der Waals surface area (Å²) in [6.45, 7) is 2.67. The summed E-state index contributed by atoms with van der Waals surface area (Å²) in [5.41, 5.74) is 17.1. The van der Waals surface area contributed by atoms with Crippen LogP contribution in [0.4, 0.5) is 11.4 Å². The minimum atomic E-state index is -0.429. The average Bonchev–Trinajstić information content (AvgIpc) is 2.90. The molecule has 0 unspecified atom stereocenters. The lowest BCUT2D eigenvalue weighted by Gasteiger charge is -2.30. The van der Waals surface area contributed by atoms with E-state index in [1.54, 1.807) is 30.3 Å². The van der Waals surface area contributed by atoms with Gasteiger partial charge in [-0.2, -0.15) is 0 Å². The van der Waals surface area contributed by atoms with Gasteiger partial charge in [-0.15, -0.1) is 0 Å². The zero-order chi connectivity index (χ0) is 26.7. The van der Waals surface area contributed by atoms with Crippen LogP contribution in [0.3, 0.4) is 0 Å². The van der Waals surface area contributed by atoms with Gasteiger partial charge in [0.05, 0.1) is 19.3 Å². The molecular formula is C31H36N2O4. The number of carbonyl (C=O) groups excluding carboxylic acids is 2. The smallest absolute Gasteiger partial charge is 0.338 e. The molecule has 6 heteroatoms. The molecule has 3 aromatic carbocycles. The van der Waals surface area contributed by atoms with Gasteiger partial charge in [0.25, 0.3) is 0 Å². The highest BCUT2D eigenvalue weighted by Gasteiger charge is 2.25. The van der Waals surface area contributed by atoms with Gasteiger partial charge in [0, 0.05) is 17.5 Å². The average molecular weight is 501 g/mol. The number of rotatable bonds is 12. The van der Waals surface area contributed by atoms with E-state index in [0.29, 0.717) is 12.2 Å². The van der Waals surface area contributed by atoms with Crippen LogP contribution in [-0.4, -0.2) is 25.7 Å². The summed E-state index contributed by atoms with van der Waals surface area (Å²) in [5, 5.41) is 0. The van der Waals surface area contributed by atoms with Crippen LogP contribution in [0.2, 0.25) is 0 Å². The zero-order valence-electron chi connectivity index (χ0n) is 21.6. The fraction of sp³-hybridized carbons (Fsp3) is 0.290. The lowest BCUT2D eigenvalue weighted by atomic mass is 9.74. The van der Waals surface area contributed by atoms with Crippen molar-refractivity contribution in [3.05, 3.63) is 101 Å². The van der Waals surface area contributed by atoms with E-state index in [4.69, 9.17) is 16.2 Å². The predicted octanol–water partition coefficient (Wildman–Crippen LogP) is 5.86. The van der Waals surface area contributed by atoms with Crippen LogP contribution in [0.15, 0.2) is 78.9 Å². The van der Waals surface area contributed by atoms with Gasteiger partial charge in [-0.3, -0.25) is 0 Å². The van der Waals surface area contributed by atoms with Crippen molar-refractivity contribution in [2.75, 3.05) is 25.2 Å². The zero-order valence-corrected chi connectivity index (χ0v) is 21.6. The van der Waals surface area contributed by atoms with Crippen molar-refractivity contribution in [1.29, 1.82) is 0 Å². The monoisotopic (exact) mass is 500 g/mol. The maximum Gasteiger partial charge on any atom is 0.338 e. The quantitative estimate of drug-likeness (QED) is 0.140. The molecule has 0 atom stereocenters. The molecule has 0 bridgehead atoms. The summed E-state index contributed by atoms with van der Waals surface area (Å²) in [6, 6.07) is 23.0. The Balaban J connectivity index is 1.52. The summed E-state index contributed by atoms with van der Waals surface area (Å²) in [4.78, 5) is 23.6. The molecule has 194 valence electrons. The number of anilines is 2. The molecule has 0 spiro atoms. The van der Waals surface area contributed by atoms with E-state index < -0.39 is 5.97 Å². The molecule has 0 heterocycles. The standard InChI is InChI=1S/C31H36N2O4/c1-31(21-24-7-14-27(32)15-8-24,22-25-9-16-28(33)17-10-25)19-3-4-20-37-30(35)26-12-5-23(6-13-26)11-18-29(34)36-2/h5-18H,3-4,19-22,32-33H2,1-2H3/b18-11+. The summed E-state index contributed by atoms with van der Waals surface area (Å²) in [7, 11) is 1.33. The molecular weight excluding hydrogens is 464 g/mol. The topological polar surface area (TPSA) is 105 Å². The molecule has 3 rings (SSSR count). The molecule has 0 aromatic heterocycles. The van der Waals surface area contributed by atoms with Gasteiger partial charge in [-0.25, -0.2) is 9.59 Å². The Hall–Kier alpha value is -4.06. The van der Waals surface area contributed by atoms with Crippen molar-refractivity contribution < 1.29 is 19.1 Å². The molecule has 0 radical (unpaired) electrons. The summed E-state index contributed by atoms with van der Waals surface area (Å²) >= 11 is 0. The van der Waals surface area contributed by atoms with Gasteiger partial charge >= 0.3 is 11.9 Å². The van der Waals surface area contributed by atoms with Crippen molar-refractivity contribution in [3.8, 4) is 0 Å². The number of carbonyl (C=O) groups is 2. The highest BCUT2D eigenvalue weighted by atomic mass is 16.5. The van der Waals surface area contributed by atoms with Gasteiger partial charge in [0.15, 0.2) is 0 Å². The molecule has 0 aliphatic carbocycles. The third-order valence-corrected chi connectivity index (χ3v) is 6.39. The second kappa shape index (κ2) is 13.3. The van der Waals surface area contributed by atoms with Crippen LogP contribution in [0.5, 0.6) is 0 Å². The minimum absolute atomic E-state index is 0.0315. The highest BCUT2D eigenvalue weighted by molar-refractivity contribution is 5.90. The van der Waals surface area contributed by atoms with Crippen molar-refractivity contribution in [2.24, 2.45) is 5.41 Å². The fourth-order valence-electron chi connectivity index (χ4n) is 4.36. The normalized spacial score (nSPS) is 11.4. The number of hydrogen-bond donors (Lipinski definition) is 2. The van der Waals surface area contributed by atoms with Crippen molar-refractivity contribution in [3.63, 3.8) is 0 Å². The maximum absolute atomic E-state index is 12.4. The first kappa shape index (κ1) is 27.5. The van der Waals surface area contributed by atoms with Crippen LogP contribution in [0, 0.1) is 5.41 Å². The van der Waals surface area contributed by atoms with E-state index in [-0.39, 0.29) is 11.4 Å². The Kier molecular flexibility index (Phi) is 9.90. The lowest BCUT2D eigenvalue weighted by Crippen LogP contribution is -2.23. The Morgan fingerprint density at radius 3 is 1.86 bits per heavy atom. The first-order valence-corrected chi connectivity index (χ1v) is 12.5. The van der Waals surface area contributed by atoms with E-state index in [2.05, 4.69) is 35.9 Å². The van der Waals surface area contributed by atoms with Gasteiger partial charge in [-0.05, 0) is 96.7 Å². The molecule has 0 aliphatic rings. The number of methoxy groups -OCH3 is 1. The van der Waals surface area contributed by atoms with E-state index in [0.717, 1.165) is 49.0 Å². The van der Waals surface area contributed by atoms with Crippen LogP contribution in [-0.2, 0) is 27.1 Å². The SMILES string of the molecule is COC(=O)/C=C/c1ccc(C(=O)OCCCCC(C)(Cc2ccc(N)cc2)Cc2ccc(N)cc2)cc1. The number of hydrogen-bond acceptors (Lipinski definition) is 6. The molecule has 0 saturated heterocycles. The number of esters is 2. The van der Waals surface area contributed by atoms with Crippen LogP contribution >= 0.6 is 0 Å². The molecule has 4 N–H and O–H groups in total. The molecule has 37 heavy (non-hydrogen) atoms. The number of nitrogen functional groups attached to an aromatic ring is 2. The Morgan fingerprint density at radius 2 is 1.35 bits per heavy atom. The number of benzene rings is 3. The van der Waals surface area contributed by atoms with Crippen LogP contribution in [0.25, 0.3) is 6.08 Å². The highest BCUT2D eigenvalue weighted by Crippen LogP contribution is 2.33. The van der Waals surface area contributed by atoms with E-state index >= 15 is 0 Å². The van der Waals surface area contributed by atoms with Crippen molar-refractivity contribution >= 4 is 29.4 Å². The van der Waals surface area contributed by atoms with Crippen molar-refractivity contribution in [2.45, 2.75) is 39.0 Å². The summed E-state index contributed by atoms with van der Waals surface area (Å²) < 4.78 is 10.1. The summed E-state index contributed by atoms with van der Waals surface area (Å²) in [5.74, 6) is -0.781. The molecule has 6 nitrogen and oxygen atoms in total. The molecule has 0 aliphatic heterocycles. The largest absolute Gasteiger partial charge is 0.466 e. The molecule has 0 amide bonds. The Labute approximate surface area is 219 Å². The van der Waals surface area contributed by atoms with Crippen LogP contribution < -0.4 is 11.5 Å². The Morgan fingerprint density at radius 1 is 0.811 bits per heavy atom. The van der Waals surface area contributed by atoms with Crippen molar-refractivity contribution in [1.82, 2.24) is 0 Å². The van der Waals surface area contributed by atoms with Crippen LogP contribution in [0.1, 0.15) is 53.2 Å². The van der Waals surface area contributed by atoms with E-state index in [1.165, 1.54) is 24.3 Å². The third kappa shape index (κ3) is 9.15. The number of unbranched alkanes of at least 4 members (excludes halogenated alkanes) is 1. The van der Waals surface area contributed by atoms with Gasteiger partial charge < -0.3 is 20.9 Å². The van der Waals surface area contributed by atoms with E-state index in [9.17, 15) is 9.59 Å². The maximum atomic E-state index is 12.4. The second-order valence-corrected chi connectivity index (χ2v) is 9.72. The molecule has 0 saturated carbocycles. The molecule has 3 aromatic rings. The molecule has 0 fully saturated rings. The fourth-order valence-corrected chi connectivity index (χ4v) is 4.36. The summed E-state index contributed by atoms with van der Waals surface area (Å²) in [6.07, 6.45) is 7.52. The minimum Gasteiger partial charge on any atom is -0.466 e. The Bertz CT molecular complexity index is 1140. The first-order valence-electron chi connectivity index (χ1n) is 12.5. The number of ether oxygens (including phenoxy) is 2. The number of nitrogens with two attached hydrogens (primary N) is 2. The first-order chi connectivity index (χ1) is 17.8. The lowest BCUT2D eigenvalue weighted by molar-refractivity contribution is -0.134. The second-order valence-electron chi connectivity index (χ2n) is 9.72. The predicted molar refractivity (Wildman–Crippen MR) is 149 cm³/mol. The van der Waals surface area contributed by atoms with E-state index in [1.807, 2.05) is 24.3 Å². The van der Waals surface area contributed by atoms with Gasteiger partial charge in [0.2, 0.25) is 0 Å².